The monoisotopic (exact) mass is 184 g/mol. The molecule has 0 aliphatic rings. The van der Waals surface area contributed by atoms with Crippen molar-refractivity contribution in [3.05, 3.63) is 23.7 Å². The molecule has 1 N–H and O–H groups in total. The highest BCUT2D eigenvalue weighted by Crippen LogP contribution is 2.22. The molecule has 0 aromatic carbocycles. The van der Waals surface area contributed by atoms with Gasteiger partial charge in [-0.1, -0.05) is 0 Å². The molecular formula is C9H12O4. The summed E-state index contributed by atoms with van der Waals surface area (Å²) in [5.74, 6) is -0.108. The van der Waals surface area contributed by atoms with Gasteiger partial charge in [0.25, 0.3) is 0 Å². The molecule has 0 saturated carbocycles. The van der Waals surface area contributed by atoms with Crippen molar-refractivity contribution in [2.75, 3.05) is 7.11 Å². The van der Waals surface area contributed by atoms with Gasteiger partial charge in [0.1, 0.15) is 11.4 Å². The van der Waals surface area contributed by atoms with E-state index in [-0.39, 0.29) is 5.76 Å². The molecule has 4 heteroatoms. The number of hydrogen-bond donors (Lipinski definition) is 1. The predicted molar refractivity (Wildman–Crippen MR) is 45.3 cm³/mol. The molecule has 72 valence electrons. The van der Waals surface area contributed by atoms with E-state index in [1.54, 1.807) is 19.9 Å². The Bertz CT molecular complexity index is 306. The van der Waals surface area contributed by atoms with Crippen molar-refractivity contribution in [3.8, 4) is 0 Å². The maximum Gasteiger partial charge on any atom is 0.373 e. The molecule has 0 saturated heterocycles. The second-order valence-electron chi connectivity index (χ2n) is 3.21. The molecule has 0 unspecified atom stereocenters. The summed E-state index contributed by atoms with van der Waals surface area (Å²) in [5.41, 5.74) is -1.08. The lowest BCUT2D eigenvalue weighted by Crippen LogP contribution is -2.14. The summed E-state index contributed by atoms with van der Waals surface area (Å²) in [7, 11) is 1.27. The molecular weight excluding hydrogens is 172 g/mol. The first-order valence-corrected chi connectivity index (χ1v) is 3.86. The molecule has 0 aliphatic carbocycles. The van der Waals surface area contributed by atoms with Crippen LogP contribution in [0.25, 0.3) is 0 Å². The van der Waals surface area contributed by atoms with Crippen LogP contribution in [0.2, 0.25) is 0 Å². The van der Waals surface area contributed by atoms with Crippen LogP contribution < -0.4 is 0 Å². The zero-order chi connectivity index (χ0) is 10.1. The van der Waals surface area contributed by atoms with Crippen LogP contribution >= 0.6 is 0 Å². The summed E-state index contributed by atoms with van der Waals surface area (Å²) < 4.78 is 9.52. The number of methoxy groups -OCH3 is 1. The fraction of sp³-hybridized carbons (Fsp3) is 0.444. The van der Waals surface area contributed by atoms with Gasteiger partial charge in [0, 0.05) is 0 Å². The molecule has 0 spiro atoms. The first kappa shape index (κ1) is 9.80. The van der Waals surface area contributed by atoms with Crippen molar-refractivity contribution in [3.63, 3.8) is 0 Å². The largest absolute Gasteiger partial charge is 0.463 e. The molecule has 1 aromatic rings. The Morgan fingerprint density at radius 2 is 2.15 bits per heavy atom. The topological polar surface area (TPSA) is 59.7 Å². The van der Waals surface area contributed by atoms with Crippen molar-refractivity contribution in [1.82, 2.24) is 0 Å². The first-order valence-electron chi connectivity index (χ1n) is 3.86. The van der Waals surface area contributed by atoms with Crippen LogP contribution in [0, 0.1) is 0 Å². The van der Waals surface area contributed by atoms with Crippen molar-refractivity contribution < 1.29 is 19.1 Å². The lowest BCUT2D eigenvalue weighted by Gasteiger charge is -2.12. The van der Waals surface area contributed by atoms with Gasteiger partial charge in [-0.3, -0.25) is 0 Å². The molecule has 1 rings (SSSR count). The lowest BCUT2D eigenvalue weighted by molar-refractivity contribution is 0.0451. The van der Waals surface area contributed by atoms with E-state index < -0.39 is 11.6 Å². The smallest absolute Gasteiger partial charge is 0.373 e. The Labute approximate surface area is 76.1 Å². The maximum absolute atomic E-state index is 11.0. The molecule has 4 nitrogen and oxygen atoms in total. The Balaban J connectivity index is 2.93. The van der Waals surface area contributed by atoms with E-state index in [4.69, 9.17) is 4.42 Å². The number of rotatable bonds is 2. The third-order valence-corrected chi connectivity index (χ3v) is 1.60. The van der Waals surface area contributed by atoms with Crippen LogP contribution in [-0.4, -0.2) is 18.2 Å². The molecule has 0 aliphatic heterocycles. The van der Waals surface area contributed by atoms with E-state index >= 15 is 0 Å². The minimum Gasteiger partial charge on any atom is -0.463 e. The molecule has 0 bridgehead atoms. The van der Waals surface area contributed by atoms with Crippen molar-refractivity contribution in [1.29, 1.82) is 0 Å². The van der Waals surface area contributed by atoms with Crippen LogP contribution in [0.1, 0.15) is 30.2 Å². The number of carbonyl (C=O) groups excluding carboxylic acids is 1. The fourth-order valence-corrected chi connectivity index (χ4v) is 0.877. The van der Waals surface area contributed by atoms with Crippen LogP contribution in [0.5, 0.6) is 0 Å². The summed E-state index contributed by atoms with van der Waals surface area (Å²) in [6.07, 6.45) is 0. The van der Waals surface area contributed by atoms with Crippen LogP contribution in [0.15, 0.2) is 16.5 Å². The summed E-state index contributed by atoms with van der Waals surface area (Å²) in [4.78, 5) is 11.0. The third-order valence-electron chi connectivity index (χ3n) is 1.60. The van der Waals surface area contributed by atoms with Gasteiger partial charge in [-0.25, -0.2) is 4.79 Å². The number of aliphatic hydroxyl groups is 1. The normalized spacial score (nSPS) is 11.4. The molecule has 1 aromatic heterocycles. The molecule has 0 amide bonds. The standard InChI is InChI=1S/C9H12O4/c1-9(2,11)7-5-4-6(13-7)8(10)12-3/h4-5,11H,1-3H3. The summed E-state index contributed by atoms with van der Waals surface area (Å²) in [6.45, 7) is 3.15. The number of furan rings is 1. The van der Waals surface area contributed by atoms with E-state index in [0.717, 1.165) is 0 Å². The minimum absolute atomic E-state index is 0.0969. The van der Waals surface area contributed by atoms with Crippen LogP contribution in [0.4, 0.5) is 0 Å². The molecule has 0 fully saturated rings. The van der Waals surface area contributed by atoms with Gasteiger partial charge in [-0.05, 0) is 26.0 Å². The second-order valence-corrected chi connectivity index (χ2v) is 3.21. The number of hydrogen-bond acceptors (Lipinski definition) is 4. The van der Waals surface area contributed by atoms with E-state index in [1.165, 1.54) is 13.2 Å². The van der Waals surface area contributed by atoms with E-state index in [1.807, 2.05) is 0 Å². The Morgan fingerprint density at radius 1 is 1.54 bits per heavy atom. The highest BCUT2D eigenvalue weighted by atomic mass is 16.5. The van der Waals surface area contributed by atoms with Gasteiger partial charge >= 0.3 is 5.97 Å². The van der Waals surface area contributed by atoms with E-state index in [0.29, 0.717) is 5.76 Å². The molecule has 0 atom stereocenters. The SMILES string of the molecule is COC(=O)c1ccc(C(C)(C)O)o1. The number of carbonyl (C=O) groups is 1. The van der Waals surface area contributed by atoms with Gasteiger partial charge in [0.05, 0.1) is 7.11 Å². The molecule has 1 heterocycles. The number of esters is 1. The van der Waals surface area contributed by atoms with E-state index in [9.17, 15) is 9.90 Å². The van der Waals surface area contributed by atoms with Gasteiger partial charge < -0.3 is 14.3 Å². The zero-order valence-electron chi connectivity index (χ0n) is 7.83. The highest BCUT2D eigenvalue weighted by molar-refractivity contribution is 5.86. The van der Waals surface area contributed by atoms with Crippen LogP contribution in [-0.2, 0) is 10.3 Å². The minimum atomic E-state index is -1.08. The van der Waals surface area contributed by atoms with Gasteiger partial charge in [0.2, 0.25) is 5.76 Å². The maximum atomic E-state index is 11.0. The third kappa shape index (κ3) is 2.09. The summed E-state index contributed by atoms with van der Waals surface area (Å²) in [5, 5.41) is 9.51. The Hall–Kier alpha value is -1.29. The summed E-state index contributed by atoms with van der Waals surface area (Å²) in [6, 6.07) is 3.02. The van der Waals surface area contributed by atoms with Gasteiger partial charge in [0.15, 0.2) is 0 Å². The van der Waals surface area contributed by atoms with Gasteiger partial charge in [-0.15, -0.1) is 0 Å². The molecule has 0 radical (unpaired) electrons. The quantitative estimate of drug-likeness (QED) is 0.703. The average Bonchev–Trinajstić information content (AvgIpc) is 2.50. The summed E-state index contributed by atoms with van der Waals surface area (Å²) >= 11 is 0. The Morgan fingerprint density at radius 3 is 2.54 bits per heavy atom. The second kappa shape index (κ2) is 3.22. The highest BCUT2D eigenvalue weighted by Gasteiger charge is 2.22. The Kier molecular flexibility index (Phi) is 2.43. The molecule has 13 heavy (non-hydrogen) atoms. The number of ether oxygens (including phenoxy) is 1. The fourth-order valence-electron chi connectivity index (χ4n) is 0.877. The zero-order valence-corrected chi connectivity index (χ0v) is 7.83. The predicted octanol–water partition coefficient (Wildman–Crippen LogP) is 1.29. The van der Waals surface area contributed by atoms with Gasteiger partial charge in [-0.2, -0.15) is 0 Å². The lowest BCUT2D eigenvalue weighted by atomic mass is 10.1. The van der Waals surface area contributed by atoms with Crippen LogP contribution in [0.3, 0.4) is 0 Å². The van der Waals surface area contributed by atoms with Crippen molar-refractivity contribution >= 4 is 5.97 Å². The van der Waals surface area contributed by atoms with E-state index in [2.05, 4.69) is 4.74 Å². The van der Waals surface area contributed by atoms with Crippen molar-refractivity contribution in [2.24, 2.45) is 0 Å². The van der Waals surface area contributed by atoms with Crippen molar-refractivity contribution in [2.45, 2.75) is 19.4 Å². The average molecular weight is 184 g/mol. The first-order chi connectivity index (χ1) is 5.95.